The molecule has 0 aromatic heterocycles. The molecule has 0 amide bonds. The van der Waals surface area contributed by atoms with E-state index in [1.54, 1.807) is 18.2 Å². The van der Waals surface area contributed by atoms with E-state index in [4.69, 9.17) is 9.47 Å². The fourth-order valence-electron chi connectivity index (χ4n) is 1.58. The van der Waals surface area contributed by atoms with Crippen LogP contribution in [0.15, 0.2) is 18.2 Å². The van der Waals surface area contributed by atoms with Crippen LogP contribution in [0.5, 0.6) is 11.5 Å². The van der Waals surface area contributed by atoms with Crippen LogP contribution < -0.4 is 14.6 Å². The SMILES string of the molecule is CCOc1ccc(C(=O)CCC(=O)[O-])cc1OCC. The van der Waals surface area contributed by atoms with E-state index in [-0.39, 0.29) is 18.6 Å². The number of ether oxygens (including phenoxy) is 2. The van der Waals surface area contributed by atoms with Gasteiger partial charge in [-0.2, -0.15) is 0 Å². The summed E-state index contributed by atoms with van der Waals surface area (Å²) in [4.78, 5) is 22.1. The highest BCUT2D eigenvalue weighted by Crippen LogP contribution is 2.29. The van der Waals surface area contributed by atoms with E-state index < -0.39 is 5.97 Å². The van der Waals surface area contributed by atoms with E-state index in [0.717, 1.165) is 0 Å². The summed E-state index contributed by atoms with van der Waals surface area (Å²) < 4.78 is 10.8. The summed E-state index contributed by atoms with van der Waals surface area (Å²) in [6.07, 6.45) is -0.363. The lowest BCUT2D eigenvalue weighted by Crippen LogP contribution is -2.22. The van der Waals surface area contributed by atoms with E-state index in [9.17, 15) is 14.7 Å². The number of benzene rings is 1. The number of rotatable bonds is 8. The Balaban J connectivity index is 2.87. The molecule has 19 heavy (non-hydrogen) atoms. The average molecular weight is 265 g/mol. The number of aliphatic carboxylic acids is 1. The fraction of sp³-hybridized carbons (Fsp3) is 0.429. The molecule has 0 saturated heterocycles. The molecule has 0 atom stereocenters. The van der Waals surface area contributed by atoms with Crippen LogP contribution in [0.4, 0.5) is 0 Å². The second-order valence-electron chi connectivity index (χ2n) is 3.82. The van der Waals surface area contributed by atoms with E-state index >= 15 is 0 Å². The van der Waals surface area contributed by atoms with Gasteiger partial charge in [0.05, 0.1) is 13.2 Å². The predicted octanol–water partition coefficient (Wildman–Crippen LogP) is 1.20. The van der Waals surface area contributed by atoms with Gasteiger partial charge < -0.3 is 19.4 Å². The highest BCUT2D eigenvalue weighted by atomic mass is 16.5. The lowest BCUT2D eigenvalue weighted by Gasteiger charge is -2.12. The van der Waals surface area contributed by atoms with Crippen molar-refractivity contribution in [3.8, 4) is 11.5 Å². The molecule has 0 fully saturated rings. The Kier molecular flexibility index (Phi) is 5.85. The van der Waals surface area contributed by atoms with Gasteiger partial charge in [-0.25, -0.2) is 0 Å². The second kappa shape index (κ2) is 7.41. The van der Waals surface area contributed by atoms with Gasteiger partial charge in [0.2, 0.25) is 0 Å². The van der Waals surface area contributed by atoms with Crippen LogP contribution in [0.2, 0.25) is 0 Å². The van der Waals surface area contributed by atoms with Gasteiger partial charge >= 0.3 is 0 Å². The summed E-state index contributed by atoms with van der Waals surface area (Å²) in [5.74, 6) is -0.429. The first kappa shape index (κ1) is 15.0. The maximum absolute atomic E-state index is 11.8. The molecule has 1 aromatic carbocycles. The van der Waals surface area contributed by atoms with Crippen molar-refractivity contribution in [3.05, 3.63) is 23.8 Å². The number of hydrogen-bond acceptors (Lipinski definition) is 5. The zero-order valence-corrected chi connectivity index (χ0v) is 11.1. The van der Waals surface area contributed by atoms with Gasteiger partial charge in [-0.1, -0.05) is 0 Å². The molecule has 0 N–H and O–H groups in total. The van der Waals surface area contributed by atoms with Gasteiger partial charge in [0.25, 0.3) is 0 Å². The van der Waals surface area contributed by atoms with Crippen LogP contribution in [0.1, 0.15) is 37.0 Å². The van der Waals surface area contributed by atoms with Gasteiger partial charge in [-0.15, -0.1) is 0 Å². The smallest absolute Gasteiger partial charge is 0.163 e. The van der Waals surface area contributed by atoms with Crippen molar-refractivity contribution >= 4 is 11.8 Å². The van der Waals surface area contributed by atoms with Crippen LogP contribution in [0.3, 0.4) is 0 Å². The summed E-state index contributed by atoms with van der Waals surface area (Å²) in [5.41, 5.74) is 0.410. The summed E-state index contributed by atoms with van der Waals surface area (Å²) in [6, 6.07) is 4.83. The number of Topliss-reactive ketones (excluding diaryl/α,β-unsaturated/α-hetero) is 1. The molecule has 5 heteroatoms. The van der Waals surface area contributed by atoms with Gasteiger partial charge in [-0.3, -0.25) is 4.79 Å². The van der Waals surface area contributed by atoms with Crippen LogP contribution in [-0.4, -0.2) is 25.0 Å². The van der Waals surface area contributed by atoms with E-state index in [2.05, 4.69) is 0 Å². The lowest BCUT2D eigenvalue weighted by atomic mass is 10.1. The molecule has 0 radical (unpaired) electrons. The van der Waals surface area contributed by atoms with Crippen molar-refractivity contribution in [1.82, 2.24) is 0 Å². The molecule has 0 spiro atoms. The third kappa shape index (κ3) is 4.62. The molecule has 1 aromatic rings. The molecule has 0 heterocycles. The molecule has 104 valence electrons. The Morgan fingerprint density at radius 1 is 1.05 bits per heavy atom. The minimum atomic E-state index is -1.23. The van der Waals surface area contributed by atoms with Crippen molar-refractivity contribution in [3.63, 3.8) is 0 Å². The van der Waals surface area contributed by atoms with Crippen LogP contribution >= 0.6 is 0 Å². The van der Waals surface area contributed by atoms with E-state index in [1.807, 2.05) is 13.8 Å². The largest absolute Gasteiger partial charge is 0.550 e. The zero-order valence-electron chi connectivity index (χ0n) is 11.1. The third-order valence-corrected chi connectivity index (χ3v) is 2.42. The summed E-state index contributed by atoms with van der Waals surface area (Å²) in [5, 5.41) is 10.3. The van der Waals surface area contributed by atoms with Crippen LogP contribution in [0, 0.1) is 0 Å². The number of carbonyl (C=O) groups is 2. The minimum absolute atomic E-state index is 0.0815. The molecule has 5 nitrogen and oxygen atoms in total. The molecule has 1 rings (SSSR count). The normalized spacial score (nSPS) is 10.0. The van der Waals surface area contributed by atoms with Gasteiger partial charge in [0.15, 0.2) is 17.3 Å². The Bertz CT molecular complexity index is 453. The van der Waals surface area contributed by atoms with Crippen LogP contribution in [0.25, 0.3) is 0 Å². The second-order valence-corrected chi connectivity index (χ2v) is 3.82. The maximum Gasteiger partial charge on any atom is 0.163 e. The zero-order chi connectivity index (χ0) is 14.3. The Morgan fingerprint density at radius 3 is 2.26 bits per heavy atom. The third-order valence-electron chi connectivity index (χ3n) is 2.42. The van der Waals surface area contributed by atoms with Crippen molar-refractivity contribution < 1.29 is 24.2 Å². The Labute approximate surface area is 112 Å². The quantitative estimate of drug-likeness (QED) is 0.660. The standard InChI is InChI=1S/C14H18O5/c1-3-18-12-7-5-10(9-13(12)19-4-2)11(15)6-8-14(16)17/h5,7,9H,3-4,6,8H2,1-2H3,(H,16,17)/p-1. The average Bonchev–Trinajstić information content (AvgIpc) is 2.38. The molecular weight excluding hydrogens is 248 g/mol. The van der Waals surface area contributed by atoms with E-state index in [1.165, 1.54) is 0 Å². The van der Waals surface area contributed by atoms with Gasteiger partial charge in [0, 0.05) is 18.0 Å². The number of carboxylic acids is 1. The highest BCUT2D eigenvalue weighted by molar-refractivity contribution is 5.97. The number of hydrogen-bond donors (Lipinski definition) is 0. The topological polar surface area (TPSA) is 75.7 Å². The van der Waals surface area contributed by atoms with Crippen molar-refractivity contribution in [1.29, 1.82) is 0 Å². The Hall–Kier alpha value is -2.04. The van der Waals surface area contributed by atoms with Crippen molar-refractivity contribution in [2.45, 2.75) is 26.7 Å². The van der Waals surface area contributed by atoms with Crippen molar-refractivity contribution in [2.75, 3.05) is 13.2 Å². The molecule has 0 aliphatic heterocycles. The first-order valence-corrected chi connectivity index (χ1v) is 6.21. The lowest BCUT2D eigenvalue weighted by molar-refractivity contribution is -0.305. The number of carbonyl (C=O) groups excluding carboxylic acids is 2. The minimum Gasteiger partial charge on any atom is -0.550 e. The predicted molar refractivity (Wildman–Crippen MR) is 67.4 cm³/mol. The van der Waals surface area contributed by atoms with Crippen LogP contribution in [-0.2, 0) is 4.79 Å². The molecular formula is C14H17O5-. The first-order valence-electron chi connectivity index (χ1n) is 6.21. The maximum atomic E-state index is 11.8. The monoisotopic (exact) mass is 265 g/mol. The molecule has 0 bridgehead atoms. The number of carboxylic acid groups (broad SMARTS) is 1. The van der Waals surface area contributed by atoms with Crippen molar-refractivity contribution in [2.24, 2.45) is 0 Å². The number of ketones is 1. The Morgan fingerprint density at radius 2 is 1.68 bits per heavy atom. The van der Waals surface area contributed by atoms with Gasteiger partial charge in [0.1, 0.15) is 0 Å². The van der Waals surface area contributed by atoms with E-state index in [0.29, 0.717) is 30.3 Å². The summed E-state index contributed by atoms with van der Waals surface area (Å²) in [7, 11) is 0. The summed E-state index contributed by atoms with van der Waals surface area (Å²) in [6.45, 7) is 4.64. The fourth-order valence-corrected chi connectivity index (χ4v) is 1.58. The molecule has 0 aliphatic rings. The molecule has 0 unspecified atom stereocenters. The highest BCUT2D eigenvalue weighted by Gasteiger charge is 2.11. The molecule has 0 saturated carbocycles. The van der Waals surface area contributed by atoms with Gasteiger partial charge in [-0.05, 0) is 38.5 Å². The summed E-state index contributed by atoms with van der Waals surface area (Å²) >= 11 is 0. The first-order chi connectivity index (χ1) is 9.08. The molecule has 0 aliphatic carbocycles.